The van der Waals surface area contributed by atoms with Crippen LogP contribution in [0.5, 0.6) is 0 Å². The Hall–Kier alpha value is -1.84. The first kappa shape index (κ1) is 13.6. The zero-order valence-corrected chi connectivity index (χ0v) is 11.4. The number of halogens is 1. The second kappa shape index (κ2) is 5.03. The molecule has 0 spiro atoms. The summed E-state index contributed by atoms with van der Waals surface area (Å²) in [6.45, 7) is 6.00. The van der Waals surface area contributed by atoms with Gasteiger partial charge in [-0.3, -0.25) is 4.79 Å². The van der Waals surface area contributed by atoms with Crippen molar-refractivity contribution in [3.8, 4) is 0 Å². The van der Waals surface area contributed by atoms with Crippen LogP contribution < -0.4 is 0 Å². The van der Waals surface area contributed by atoms with Crippen molar-refractivity contribution in [3.63, 3.8) is 0 Å². The number of rotatable bonds is 3. The number of nitrogens with zero attached hydrogens (tertiary/aromatic N) is 1. The molecule has 0 saturated carbocycles. The number of ether oxygens (including phenoxy) is 1. The molecule has 0 unspecified atom stereocenters. The van der Waals surface area contributed by atoms with Crippen LogP contribution in [-0.2, 0) is 16.1 Å². The minimum absolute atomic E-state index is 0.242. The lowest BCUT2D eigenvalue weighted by Crippen LogP contribution is -2.24. The Morgan fingerprint density at radius 3 is 2.74 bits per heavy atom. The molecule has 1 aromatic carbocycles. The molecule has 0 amide bonds. The van der Waals surface area contributed by atoms with Gasteiger partial charge in [0, 0.05) is 18.1 Å². The molecule has 0 aliphatic heterocycles. The van der Waals surface area contributed by atoms with Crippen LogP contribution >= 0.6 is 0 Å². The van der Waals surface area contributed by atoms with E-state index in [1.807, 2.05) is 31.4 Å². The molecule has 4 heteroatoms. The molecule has 2 aromatic rings. The van der Waals surface area contributed by atoms with Crippen molar-refractivity contribution in [3.05, 3.63) is 36.3 Å². The van der Waals surface area contributed by atoms with Crippen molar-refractivity contribution >= 4 is 16.9 Å². The molecule has 0 fully saturated rings. The fraction of sp³-hybridized carbons (Fsp3) is 0.400. The number of esters is 1. The smallest absolute Gasteiger partial charge is 0.308 e. The van der Waals surface area contributed by atoms with Crippen LogP contribution in [0.3, 0.4) is 0 Å². The van der Waals surface area contributed by atoms with Crippen molar-refractivity contribution < 1.29 is 13.9 Å². The van der Waals surface area contributed by atoms with Crippen LogP contribution in [0.15, 0.2) is 30.5 Å². The lowest BCUT2D eigenvalue weighted by Gasteiger charge is -2.19. The molecule has 3 nitrogen and oxygen atoms in total. The lowest BCUT2D eigenvalue weighted by atomic mass is 10.2. The molecule has 102 valence electrons. The number of hydrogen-bond donors (Lipinski definition) is 0. The van der Waals surface area contributed by atoms with Gasteiger partial charge in [-0.15, -0.1) is 0 Å². The van der Waals surface area contributed by atoms with Crippen LogP contribution in [-0.4, -0.2) is 16.1 Å². The molecular formula is C15H18FNO2. The number of aromatic nitrogens is 1. The molecule has 1 aromatic heterocycles. The molecule has 2 rings (SSSR count). The maximum absolute atomic E-state index is 13.5. The predicted molar refractivity (Wildman–Crippen MR) is 72.4 cm³/mol. The Bertz CT molecular complexity index is 596. The van der Waals surface area contributed by atoms with Gasteiger partial charge in [0.15, 0.2) is 0 Å². The van der Waals surface area contributed by atoms with E-state index < -0.39 is 5.60 Å². The normalized spacial score (nSPS) is 11.8. The van der Waals surface area contributed by atoms with Crippen molar-refractivity contribution in [2.75, 3.05) is 0 Å². The van der Waals surface area contributed by atoms with Gasteiger partial charge < -0.3 is 9.30 Å². The third kappa shape index (κ3) is 3.34. The highest BCUT2D eigenvalue weighted by atomic mass is 19.1. The highest BCUT2D eigenvalue weighted by molar-refractivity contribution is 5.81. The van der Waals surface area contributed by atoms with E-state index in [1.165, 1.54) is 6.07 Å². The summed E-state index contributed by atoms with van der Waals surface area (Å²) in [5, 5.41) is 0.576. The molecule has 0 atom stereocenters. The number of carbonyl (C=O) groups is 1. The topological polar surface area (TPSA) is 31.2 Å². The average Bonchev–Trinajstić information content (AvgIpc) is 2.69. The lowest BCUT2D eigenvalue weighted by molar-refractivity contribution is -0.155. The fourth-order valence-electron chi connectivity index (χ4n) is 1.99. The van der Waals surface area contributed by atoms with Gasteiger partial charge in [0.25, 0.3) is 0 Å². The Morgan fingerprint density at radius 1 is 1.32 bits per heavy atom. The first-order valence-electron chi connectivity index (χ1n) is 6.32. The molecule has 19 heavy (non-hydrogen) atoms. The van der Waals surface area contributed by atoms with E-state index in [1.54, 1.807) is 18.3 Å². The highest BCUT2D eigenvalue weighted by Gasteiger charge is 2.16. The Labute approximate surface area is 112 Å². The second-order valence-corrected chi connectivity index (χ2v) is 5.52. The summed E-state index contributed by atoms with van der Waals surface area (Å²) in [6.07, 6.45) is 2.07. The van der Waals surface area contributed by atoms with E-state index >= 15 is 0 Å². The van der Waals surface area contributed by atoms with Gasteiger partial charge in [-0.2, -0.15) is 0 Å². The van der Waals surface area contributed by atoms with Crippen LogP contribution in [0.1, 0.15) is 27.2 Å². The van der Waals surface area contributed by atoms with Gasteiger partial charge in [0.2, 0.25) is 0 Å². The van der Waals surface area contributed by atoms with Gasteiger partial charge in [-0.25, -0.2) is 4.39 Å². The van der Waals surface area contributed by atoms with Gasteiger partial charge in [0.1, 0.15) is 11.4 Å². The second-order valence-electron chi connectivity index (χ2n) is 5.52. The SMILES string of the molecule is CC(C)(C)OC(=O)CCn1ccc2c(F)cccc21. The molecule has 1 heterocycles. The number of carbonyl (C=O) groups excluding carboxylic acids is 1. The quantitative estimate of drug-likeness (QED) is 0.793. The summed E-state index contributed by atoms with van der Waals surface area (Å²) in [5.74, 6) is -0.487. The van der Waals surface area contributed by atoms with Gasteiger partial charge >= 0.3 is 5.97 Å². The molecule has 0 N–H and O–H groups in total. The molecule has 0 radical (unpaired) electrons. The van der Waals surface area contributed by atoms with Gasteiger partial charge in [-0.05, 0) is 39.0 Å². The zero-order valence-electron chi connectivity index (χ0n) is 11.4. The maximum atomic E-state index is 13.5. The summed E-state index contributed by atoms with van der Waals surface area (Å²) in [5.41, 5.74) is 0.325. The van der Waals surface area contributed by atoms with Gasteiger partial charge in [-0.1, -0.05) is 6.07 Å². The first-order chi connectivity index (χ1) is 8.87. The third-order valence-corrected chi connectivity index (χ3v) is 2.74. The van der Waals surface area contributed by atoms with Crippen molar-refractivity contribution in [2.24, 2.45) is 0 Å². The van der Waals surface area contributed by atoms with Crippen LogP contribution in [0, 0.1) is 5.82 Å². The standard InChI is InChI=1S/C15H18FNO2/c1-15(2,3)19-14(18)8-10-17-9-7-11-12(16)5-4-6-13(11)17/h4-7,9H,8,10H2,1-3H3. The number of benzene rings is 1. The number of aryl methyl sites for hydroxylation is 1. The van der Waals surface area contributed by atoms with E-state index in [0.717, 1.165) is 5.52 Å². The largest absolute Gasteiger partial charge is 0.460 e. The van der Waals surface area contributed by atoms with Crippen molar-refractivity contribution in [2.45, 2.75) is 39.3 Å². The minimum Gasteiger partial charge on any atom is -0.460 e. The monoisotopic (exact) mass is 263 g/mol. The average molecular weight is 263 g/mol. The zero-order chi connectivity index (χ0) is 14.0. The Balaban J connectivity index is 2.07. The molecule has 0 aliphatic carbocycles. The van der Waals surface area contributed by atoms with Crippen LogP contribution in [0.4, 0.5) is 4.39 Å². The summed E-state index contributed by atoms with van der Waals surface area (Å²) in [4.78, 5) is 11.6. The fourth-order valence-corrected chi connectivity index (χ4v) is 1.99. The first-order valence-corrected chi connectivity index (χ1v) is 6.32. The summed E-state index contributed by atoms with van der Waals surface area (Å²) in [6, 6.07) is 6.66. The number of hydrogen-bond acceptors (Lipinski definition) is 2. The van der Waals surface area contributed by atoms with Crippen molar-refractivity contribution in [1.82, 2.24) is 4.57 Å². The Morgan fingerprint density at radius 2 is 2.05 bits per heavy atom. The summed E-state index contributed by atoms with van der Waals surface area (Å²) >= 11 is 0. The van der Waals surface area contributed by atoms with E-state index in [0.29, 0.717) is 11.9 Å². The van der Waals surface area contributed by atoms with Crippen LogP contribution in [0.25, 0.3) is 10.9 Å². The molecular weight excluding hydrogens is 245 g/mol. The summed E-state index contributed by atoms with van der Waals surface area (Å²) in [7, 11) is 0. The van der Waals surface area contributed by atoms with E-state index in [9.17, 15) is 9.18 Å². The number of fused-ring (bicyclic) bond motifs is 1. The Kier molecular flexibility index (Phi) is 3.60. The molecule has 0 bridgehead atoms. The van der Waals surface area contributed by atoms with E-state index in [-0.39, 0.29) is 18.2 Å². The van der Waals surface area contributed by atoms with Crippen molar-refractivity contribution in [1.29, 1.82) is 0 Å². The van der Waals surface area contributed by atoms with E-state index in [2.05, 4.69) is 0 Å². The molecule has 0 saturated heterocycles. The minimum atomic E-state index is -0.470. The maximum Gasteiger partial charge on any atom is 0.308 e. The highest BCUT2D eigenvalue weighted by Crippen LogP contribution is 2.19. The van der Waals surface area contributed by atoms with E-state index in [4.69, 9.17) is 4.74 Å². The van der Waals surface area contributed by atoms with Gasteiger partial charge in [0.05, 0.1) is 11.9 Å². The van der Waals surface area contributed by atoms with Crippen LogP contribution in [0.2, 0.25) is 0 Å². The predicted octanol–water partition coefficient (Wildman–Crippen LogP) is 3.51. The third-order valence-electron chi connectivity index (χ3n) is 2.74. The summed E-state index contributed by atoms with van der Waals surface area (Å²) < 4.78 is 20.6. The molecule has 0 aliphatic rings.